The zero-order valence-electron chi connectivity index (χ0n) is 29.4. The Hall–Kier alpha value is -6.89. The topological polar surface area (TPSA) is 154 Å². The summed E-state index contributed by atoms with van der Waals surface area (Å²) >= 11 is 0. The lowest BCUT2D eigenvalue weighted by molar-refractivity contribution is -0.123. The van der Waals surface area contributed by atoms with Crippen molar-refractivity contribution >= 4 is 35.1 Å². The van der Waals surface area contributed by atoms with Gasteiger partial charge in [0.05, 0.1) is 22.6 Å². The Morgan fingerprint density at radius 1 is 0.556 bits per heavy atom. The monoisotopic (exact) mass is 729 g/mol. The number of aromatic nitrogens is 1. The molecule has 0 unspecified atom stereocenters. The van der Waals surface area contributed by atoms with Gasteiger partial charge in [-0.15, -0.1) is 0 Å². The third-order valence-electron chi connectivity index (χ3n) is 8.26. The fourth-order valence-electron chi connectivity index (χ4n) is 5.23. The van der Waals surface area contributed by atoms with Crippen molar-refractivity contribution < 1.29 is 28.0 Å². The number of benzene rings is 4. The molecular weight excluding hydrogens is 692 g/mol. The van der Waals surface area contributed by atoms with Crippen LogP contribution in [0.2, 0.25) is 0 Å². The van der Waals surface area contributed by atoms with Gasteiger partial charge in [0.15, 0.2) is 0 Å². The summed E-state index contributed by atoms with van der Waals surface area (Å²) in [7, 11) is 0. The van der Waals surface area contributed by atoms with Crippen molar-refractivity contribution in [3.05, 3.63) is 173 Å². The number of hydrogen-bond acceptors (Lipinski definition) is 7. The first-order valence-corrected chi connectivity index (χ1v) is 16.9. The van der Waals surface area contributed by atoms with Crippen LogP contribution < -0.4 is 21.5 Å². The molecule has 13 heteroatoms. The van der Waals surface area contributed by atoms with Crippen LogP contribution in [0.5, 0.6) is 0 Å². The number of rotatable bonds is 14. The van der Waals surface area contributed by atoms with Crippen LogP contribution in [0.15, 0.2) is 138 Å². The van der Waals surface area contributed by atoms with Gasteiger partial charge < -0.3 is 10.6 Å². The van der Waals surface area contributed by atoms with Gasteiger partial charge in [0.1, 0.15) is 23.7 Å². The minimum atomic E-state index is -1.08. The number of carbonyl (C=O) groups is 4. The molecule has 0 saturated carbocycles. The fraction of sp³-hybridized carbons (Fsp3) is 0.146. The molecule has 4 N–H and O–H groups in total. The van der Waals surface area contributed by atoms with Gasteiger partial charge in [0, 0.05) is 25.2 Å². The van der Waals surface area contributed by atoms with E-state index in [0.717, 1.165) is 11.1 Å². The van der Waals surface area contributed by atoms with Crippen molar-refractivity contribution in [2.75, 3.05) is 0 Å². The maximum atomic E-state index is 13.5. The van der Waals surface area contributed by atoms with Gasteiger partial charge in [0.2, 0.25) is 0 Å². The molecule has 0 spiro atoms. The Balaban J connectivity index is 1.30. The van der Waals surface area contributed by atoms with Gasteiger partial charge in [-0.3, -0.25) is 24.2 Å². The third-order valence-corrected chi connectivity index (χ3v) is 8.26. The summed E-state index contributed by atoms with van der Waals surface area (Å²) in [6.45, 7) is 3.30. The van der Waals surface area contributed by atoms with Crippen molar-refractivity contribution in [1.82, 2.24) is 26.5 Å². The lowest BCUT2D eigenvalue weighted by atomic mass is 10.0. The van der Waals surface area contributed by atoms with Crippen LogP contribution in [0.4, 0.5) is 8.78 Å². The van der Waals surface area contributed by atoms with Gasteiger partial charge in [-0.05, 0) is 66.4 Å². The molecule has 0 bridgehead atoms. The number of hydrazone groups is 2. The van der Waals surface area contributed by atoms with Gasteiger partial charge in [-0.2, -0.15) is 10.2 Å². The highest BCUT2D eigenvalue weighted by molar-refractivity contribution is 6.03. The zero-order chi connectivity index (χ0) is 38.5. The van der Waals surface area contributed by atoms with E-state index < -0.39 is 47.3 Å². The zero-order valence-corrected chi connectivity index (χ0v) is 29.4. The maximum absolute atomic E-state index is 13.5. The highest BCUT2D eigenvalue weighted by atomic mass is 19.1. The summed E-state index contributed by atoms with van der Waals surface area (Å²) in [5, 5.41) is 13.7. The van der Waals surface area contributed by atoms with Crippen LogP contribution in [0.1, 0.15) is 56.8 Å². The Bertz CT molecular complexity index is 1990. The lowest BCUT2D eigenvalue weighted by Crippen LogP contribution is -2.47. The molecule has 274 valence electrons. The second kappa shape index (κ2) is 18.6. The van der Waals surface area contributed by atoms with E-state index in [4.69, 9.17) is 0 Å². The summed E-state index contributed by atoms with van der Waals surface area (Å²) in [4.78, 5) is 57.9. The molecule has 5 rings (SSSR count). The molecule has 2 atom stereocenters. The van der Waals surface area contributed by atoms with E-state index in [1.807, 2.05) is 36.4 Å². The van der Waals surface area contributed by atoms with Crippen LogP contribution in [0.3, 0.4) is 0 Å². The van der Waals surface area contributed by atoms with Crippen molar-refractivity contribution in [3.63, 3.8) is 0 Å². The summed E-state index contributed by atoms with van der Waals surface area (Å²) in [5.41, 5.74) is 8.51. The molecule has 0 aliphatic heterocycles. The molecule has 5 aromatic rings. The molecule has 1 aromatic heterocycles. The van der Waals surface area contributed by atoms with E-state index in [0.29, 0.717) is 22.6 Å². The predicted molar refractivity (Wildman–Crippen MR) is 201 cm³/mol. The fourth-order valence-corrected chi connectivity index (χ4v) is 5.23. The largest absolute Gasteiger partial charge is 0.340 e. The van der Waals surface area contributed by atoms with Gasteiger partial charge >= 0.3 is 0 Å². The molecule has 4 amide bonds. The van der Waals surface area contributed by atoms with Crippen molar-refractivity contribution in [3.8, 4) is 0 Å². The second-order valence-electron chi connectivity index (χ2n) is 12.3. The molecule has 0 aliphatic rings. The minimum Gasteiger partial charge on any atom is -0.340 e. The average molecular weight is 730 g/mol. The van der Waals surface area contributed by atoms with Gasteiger partial charge in [0.25, 0.3) is 23.6 Å². The molecule has 1 heterocycles. The van der Waals surface area contributed by atoms with Crippen LogP contribution in [-0.4, -0.2) is 52.1 Å². The van der Waals surface area contributed by atoms with Crippen molar-refractivity contribution in [1.29, 1.82) is 0 Å². The van der Waals surface area contributed by atoms with Crippen LogP contribution in [-0.2, 0) is 22.4 Å². The quantitative estimate of drug-likeness (QED) is 0.0923. The molecule has 11 nitrogen and oxygen atoms in total. The number of carbonyl (C=O) groups excluding carboxylic acids is 4. The Morgan fingerprint density at radius 2 is 0.926 bits per heavy atom. The minimum absolute atomic E-state index is 0.0110. The van der Waals surface area contributed by atoms with E-state index in [9.17, 15) is 28.0 Å². The SMILES string of the molecule is C/C(=N\NC(=O)[C@H](Cc1ccccc1)NC(=O)c1cncc(C(=O)N[C@@H](Cc2ccccc2)C(=O)N/N=C(\C)c2ccc(F)cc2)c1)c1ccc(F)cc1. The van der Waals surface area contributed by atoms with E-state index in [-0.39, 0.29) is 24.0 Å². The molecular formula is C41H37F2N7O4. The number of hydrogen-bond donors (Lipinski definition) is 4. The molecule has 0 saturated heterocycles. The Kier molecular flexibility index (Phi) is 13.2. The first kappa shape index (κ1) is 38.3. The van der Waals surface area contributed by atoms with Crippen molar-refractivity contribution in [2.45, 2.75) is 38.8 Å². The second-order valence-corrected chi connectivity index (χ2v) is 12.3. The molecule has 0 fully saturated rings. The lowest BCUT2D eigenvalue weighted by Gasteiger charge is -2.19. The third kappa shape index (κ3) is 11.1. The molecule has 0 aliphatic carbocycles. The van der Waals surface area contributed by atoms with E-state index in [2.05, 4.69) is 36.7 Å². The average Bonchev–Trinajstić information content (AvgIpc) is 3.19. The molecule has 54 heavy (non-hydrogen) atoms. The number of pyridine rings is 1. The summed E-state index contributed by atoms with van der Waals surface area (Å²) in [5.74, 6) is -3.40. The molecule has 4 aromatic carbocycles. The number of nitrogens with zero attached hydrogens (tertiary/aromatic N) is 3. The first-order chi connectivity index (χ1) is 26.0. The highest BCUT2D eigenvalue weighted by Gasteiger charge is 2.25. The number of nitrogens with one attached hydrogen (secondary N) is 4. The number of halogens is 2. The van der Waals surface area contributed by atoms with Crippen LogP contribution >= 0.6 is 0 Å². The predicted octanol–water partition coefficient (Wildman–Crippen LogP) is 5.12. The van der Waals surface area contributed by atoms with E-state index >= 15 is 0 Å². The highest BCUT2D eigenvalue weighted by Crippen LogP contribution is 2.11. The maximum Gasteiger partial charge on any atom is 0.262 e. The normalized spacial score (nSPS) is 12.6. The van der Waals surface area contributed by atoms with E-state index in [1.165, 1.54) is 67.0 Å². The van der Waals surface area contributed by atoms with Crippen molar-refractivity contribution in [2.24, 2.45) is 10.2 Å². The van der Waals surface area contributed by atoms with Crippen LogP contribution in [0.25, 0.3) is 0 Å². The summed E-state index contributed by atoms with van der Waals surface area (Å²) in [6, 6.07) is 28.5. The summed E-state index contributed by atoms with van der Waals surface area (Å²) in [6.07, 6.45) is 2.75. The van der Waals surface area contributed by atoms with Crippen LogP contribution in [0, 0.1) is 11.6 Å². The first-order valence-electron chi connectivity index (χ1n) is 16.9. The smallest absolute Gasteiger partial charge is 0.262 e. The Morgan fingerprint density at radius 3 is 1.30 bits per heavy atom. The number of amides is 4. The van der Waals surface area contributed by atoms with Gasteiger partial charge in [-0.1, -0.05) is 84.9 Å². The summed E-state index contributed by atoms with van der Waals surface area (Å²) < 4.78 is 26.8. The Labute approximate surface area is 310 Å². The molecule has 0 radical (unpaired) electrons. The van der Waals surface area contributed by atoms with Gasteiger partial charge in [-0.25, -0.2) is 19.6 Å². The standard InChI is InChI=1S/C41H37F2N7O4/c1-26(30-13-17-34(42)18-14-30)47-49-40(53)36(21-28-9-5-3-6-10-28)45-38(51)32-23-33(25-44-24-32)39(52)46-37(22-29-11-7-4-8-12-29)41(54)50-48-27(2)31-15-19-35(43)20-16-31/h3-20,23-25,36-37H,21-22H2,1-2H3,(H,45,51)(H,46,52)(H,49,53)(H,50,54)/b47-26+,48-27+/t36-,37-/m0/s1. The van der Waals surface area contributed by atoms with E-state index in [1.54, 1.807) is 38.1 Å².